The Morgan fingerprint density at radius 3 is 2.35 bits per heavy atom. The molecule has 4 nitrogen and oxygen atoms in total. The molecule has 0 aromatic heterocycles. The molecule has 1 aromatic rings. The van der Waals surface area contributed by atoms with Gasteiger partial charge in [0.25, 0.3) is 0 Å². The molecule has 126 valence electrons. The third kappa shape index (κ3) is 4.01. The van der Waals surface area contributed by atoms with E-state index in [0.717, 1.165) is 45.8 Å². The molecule has 23 heavy (non-hydrogen) atoms. The normalized spacial score (nSPS) is 19.6. The van der Waals surface area contributed by atoms with Crippen LogP contribution in [0.3, 0.4) is 0 Å². The van der Waals surface area contributed by atoms with E-state index >= 15 is 0 Å². The molecule has 0 amide bonds. The molecule has 0 saturated carbocycles. The number of hydrogen-bond acceptors (Lipinski definition) is 5. The molecule has 2 aliphatic heterocycles. The van der Waals surface area contributed by atoms with Crippen LogP contribution in [0, 0.1) is 0 Å². The van der Waals surface area contributed by atoms with Crippen molar-refractivity contribution in [2.24, 2.45) is 4.99 Å². The lowest BCUT2D eigenvalue weighted by Crippen LogP contribution is -2.51. The van der Waals surface area contributed by atoms with Gasteiger partial charge in [-0.05, 0) is 42.1 Å². The Morgan fingerprint density at radius 1 is 1.04 bits per heavy atom. The van der Waals surface area contributed by atoms with Crippen LogP contribution in [0.5, 0.6) is 0 Å². The van der Waals surface area contributed by atoms with Gasteiger partial charge in [0.15, 0.2) is 0 Å². The van der Waals surface area contributed by atoms with Crippen LogP contribution in [-0.4, -0.2) is 65.9 Å². The highest BCUT2D eigenvalue weighted by Crippen LogP contribution is 2.28. The zero-order valence-electron chi connectivity index (χ0n) is 14.5. The molecule has 0 atom stereocenters. The van der Waals surface area contributed by atoms with E-state index < -0.39 is 0 Å². The van der Waals surface area contributed by atoms with Crippen LogP contribution in [0.4, 0.5) is 0 Å². The number of aliphatic imine (C=N–C) groups is 1. The van der Waals surface area contributed by atoms with Crippen molar-refractivity contribution in [2.45, 2.75) is 31.6 Å². The van der Waals surface area contributed by atoms with Crippen molar-refractivity contribution in [3.63, 3.8) is 0 Å². The summed E-state index contributed by atoms with van der Waals surface area (Å²) in [6, 6.07) is 8.98. The summed E-state index contributed by atoms with van der Waals surface area (Å²) >= 11 is 1.83. The summed E-state index contributed by atoms with van der Waals surface area (Å²) in [5.74, 6) is 1.77. The lowest BCUT2D eigenvalue weighted by molar-refractivity contribution is 0.184. The molecule has 5 heteroatoms. The minimum atomic E-state index is 0.591. The molecule has 1 fully saturated rings. The Labute approximate surface area is 144 Å². The van der Waals surface area contributed by atoms with E-state index in [1.807, 2.05) is 11.9 Å². The Hall–Kier alpha value is -1.20. The van der Waals surface area contributed by atoms with Crippen molar-refractivity contribution in [1.82, 2.24) is 14.1 Å². The van der Waals surface area contributed by atoms with E-state index in [-0.39, 0.29) is 0 Å². The van der Waals surface area contributed by atoms with Crippen molar-refractivity contribution in [3.05, 3.63) is 29.8 Å². The average Bonchev–Trinajstić information content (AvgIpc) is 3.03. The fourth-order valence-corrected chi connectivity index (χ4v) is 4.01. The summed E-state index contributed by atoms with van der Waals surface area (Å²) in [5, 5.41) is 0. The molecule has 3 rings (SSSR count). The minimum absolute atomic E-state index is 0.591. The second-order valence-electron chi connectivity index (χ2n) is 6.52. The molecule has 2 aliphatic rings. The predicted octanol–water partition coefficient (Wildman–Crippen LogP) is 3.13. The molecule has 0 spiro atoms. The fraction of sp³-hybridized carbons (Fsp3) is 0.611. The summed E-state index contributed by atoms with van der Waals surface area (Å²) in [5.41, 5.74) is 1.40. The van der Waals surface area contributed by atoms with Crippen molar-refractivity contribution in [3.8, 4) is 0 Å². The quantitative estimate of drug-likeness (QED) is 0.790. The predicted molar refractivity (Wildman–Crippen MR) is 99.1 cm³/mol. The van der Waals surface area contributed by atoms with Crippen LogP contribution in [0.15, 0.2) is 34.2 Å². The molecule has 0 radical (unpaired) electrons. The summed E-state index contributed by atoms with van der Waals surface area (Å²) in [7, 11) is 0. The zero-order chi connectivity index (χ0) is 16.2. The molecular formula is C18H28N4S. The Bertz CT molecular complexity index is 532. The number of likely N-dealkylation sites (N-methyl/N-ethyl adjacent to an activating group) is 1. The molecule has 1 aromatic carbocycles. The van der Waals surface area contributed by atoms with Crippen LogP contribution < -0.4 is 0 Å². The van der Waals surface area contributed by atoms with Crippen molar-refractivity contribution in [1.29, 1.82) is 0 Å². The summed E-state index contributed by atoms with van der Waals surface area (Å²) in [4.78, 5) is 11.0. The zero-order valence-corrected chi connectivity index (χ0v) is 15.4. The number of benzene rings is 1. The van der Waals surface area contributed by atoms with Crippen molar-refractivity contribution < 1.29 is 0 Å². The van der Waals surface area contributed by atoms with Crippen LogP contribution in [-0.2, 0) is 0 Å². The summed E-state index contributed by atoms with van der Waals surface area (Å²) < 4.78 is 2.37. The van der Waals surface area contributed by atoms with E-state index in [4.69, 9.17) is 4.99 Å². The Morgan fingerprint density at radius 2 is 1.74 bits per heavy atom. The highest BCUT2D eigenvalue weighted by atomic mass is 32.2. The van der Waals surface area contributed by atoms with Gasteiger partial charge in [-0.15, -0.1) is 0 Å². The highest BCUT2D eigenvalue weighted by molar-refractivity contribution is 7.97. The SMILES string of the molecule is CCN1CCN(C2=NCCN2Sc2ccc(C(C)C)cc2)CC1. The van der Waals surface area contributed by atoms with Gasteiger partial charge in [-0.2, -0.15) is 0 Å². The van der Waals surface area contributed by atoms with Gasteiger partial charge in [0.2, 0.25) is 5.96 Å². The second kappa shape index (κ2) is 7.58. The topological polar surface area (TPSA) is 22.1 Å². The number of guanidine groups is 1. The lowest BCUT2D eigenvalue weighted by Gasteiger charge is -2.37. The monoisotopic (exact) mass is 332 g/mol. The van der Waals surface area contributed by atoms with E-state index in [0.29, 0.717) is 5.92 Å². The molecule has 0 aliphatic carbocycles. The second-order valence-corrected chi connectivity index (χ2v) is 7.61. The summed E-state index contributed by atoms with van der Waals surface area (Å²) in [6.07, 6.45) is 0. The van der Waals surface area contributed by atoms with Gasteiger partial charge in [0.05, 0.1) is 13.1 Å². The minimum Gasteiger partial charge on any atom is -0.340 e. The number of nitrogens with zero attached hydrogens (tertiary/aromatic N) is 4. The van der Waals surface area contributed by atoms with E-state index in [1.54, 1.807) is 0 Å². The highest BCUT2D eigenvalue weighted by Gasteiger charge is 2.26. The first-order valence-corrected chi connectivity index (χ1v) is 9.52. The van der Waals surface area contributed by atoms with E-state index in [2.05, 4.69) is 59.1 Å². The third-order valence-electron chi connectivity index (χ3n) is 4.64. The summed E-state index contributed by atoms with van der Waals surface area (Å²) in [6.45, 7) is 14.3. The Balaban J connectivity index is 1.60. The van der Waals surface area contributed by atoms with Gasteiger partial charge < -0.3 is 9.80 Å². The van der Waals surface area contributed by atoms with E-state index in [9.17, 15) is 0 Å². The maximum atomic E-state index is 4.76. The van der Waals surface area contributed by atoms with E-state index in [1.165, 1.54) is 16.4 Å². The number of piperazine rings is 1. The van der Waals surface area contributed by atoms with Crippen LogP contribution in [0.25, 0.3) is 0 Å². The molecule has 1 saturated heterocycles. The van der Waals surface area contributed by atoms with Gasteiger partial charge in [-0.25, -0.2) is 0 Å². The van der Waals surface area contributed by atoms with Crippen LogP contribution in [0.2, 0.25) is 0 Å². The molecular weight excluding hydrogens is 304 g/mol. The van der Waals surface area contributed by atoms with Crippen LogP contribution >= 0.6 is 11.9 Å². The van der Waals surface area contributed by atoms with Gasteiger partial charge >= 0.3 is 0 Å². The molecule has 0 N–H and O–H groups in total. The fourth-order valence-electron chi connectivity index (χ4n) is 3.07. The van der Waals surface area contributed by atoms with Gasteiger partial charge in [-0.3, -0.25) is 9.30 Å². The van der Waals surface area contributed by atoms with Gasteiger partial charge in [-0.1, -0.05) is 32.9 Å². The van der Waals surface area contributed by atoms with Gasteiger partial charge in [0, 0.05) is 31.1 Å². The average molecular weight is 333 g/mol. The first-order chi connectivity index (χ1) is 11.2. The number of rotatable bonds is 4. The maximum absolute atomic E-state index is 4.76. The smallest absolute Gasteiger partial charge is 0.207 e. The maximum Gasteiger partial charge on any atom is 0.207 e. The van der Waals surface area contributed by atoms with Crippen molar-refractivity contribution >= 4 is 17.9 Å². The van der Waals surface area contributed by atoms with Crippen molar-refractivity contribution in [2.75, 3.05) is 45.8 Å². The molecule has 0 bridgehead atoms. The standard InChI is InChI=1S/C18H28N4S/c1-4-20-11-13-21(14-12-20)18-19-9-10-22(18)23-17-7-5-16(6-8-17)15(2)3/h5-8,15H,4,9-14H2,1-3H3. The molecule has 2 heterocycles. The molecule has 0 unspecified atom stereocenters. The first-order valence-electron chi connectivity index (χ1n) is 8.74. The number of hydrogen-bond donors (Lipinski definition) is 0. The third-order valence-corrected chi connectivity index (χ3v) is 5.69. The van der Waals surface area contributed by atoms with Crippen LogP contribution in [0.1, 0.15) is 32.3 Å². The lowest BCUT2D eigenvalue weighted by atomic mass is 10.0. The largest absolute Gasteiger partial charge is 0.340 e. The van der Waals surface area contributed by atoms with Gasteiger partial charge in [0.1, 0.15) is 0 Å². The first kappa shape index (κ1) is 16.7. The Kier molecular flexibility index (Phi) is 5.49.